The Morgan fingerprint density at radius 3 is 2.40 bits per heavy atom. The van der Waals surface area contributed by atoms with Gasteiger partial charge in [-0.1, -0.05) is 0 Å². The summed E-state index contributed by atoms with van der Waals surface area (Å²) in [6.07, 6.45) is -4.51. The van der Waals surface area contributed by atoms with Crippen LogP contribution in [0, 0.1) is 11.7 Å². The second kappa shape index (κ2) is 5.63. The van der Waals surface area contributed by atoms with Gasteiger partial charge in [0.2, 0.25) is 0 Å². The first kappa shape index (κ1) is 15.2. The van der Waals surface area contributed by atoms with E-state index in [0.717, 1.165) is 6.07 Å². The lowest BCUT2D eigenvalue weighted by Crippen LogP contribution is -2.42. The lowest BCUT2D eigenvalue weighted by Gasteiger charge is -2.33. The highest BCUT2D eigenvalue weighted by Gasteiger charge is 2.41. The molecule has 0 spiro atoms. The molecule has 2 nitrogen and oxygen atoms in total. The van der Waals surface area contributed by atoms with Gasteiger partial charge >= 0.3 is 6.18 Å². The molecule has 0 N–H and O–H groups in total. The van der Waals surface area contributed by atoms with Gasteiger partial charge in [-0.05, 0) is 31.0 Å². The molecule has 1 aliphatic rings. The summed E-state index contributed by atoms with van der Waals surface area (Å²) in [7, 11) is 0. The predicted octanol–water partition coefficient (Wildman–Crippen LogP) is 3.53. The molecule has 0 saturated carbocycles. The van der Waals surface area contributed by atoms with Crippen LogP contribution in [-0.2, 0) is 0 Å². The molecule has 0 unspecified atom stereocenters. The molecule has 1 heterocycles. The van der Waals surface area contributed by atoms with Gasteiger partial charge in [0.1, 0.15) is 5.82 Å². The van der Waals surface area contributed by atoms with Crippen molar-refractivity contribution in [3.05, 3.63) is 29.6 Å². The molecule has 1 fully saturated rings. The monoisotopic (exact) mass is 307 g/mol. The lowest BCUT2D eigenvalue weighted by atomic mass is 9.96. The Morgan fingerprint density at radius 2 is 1.85 bits per heavy atom. The highest BCUT2D eigenvalue weighted by atomic mass is 32.1. The topological polar surface area (TPSA) is 20.3 Å². The molecular weight excluding hydrogens is 294 g/mol. The normalized spacial score (nSPS) is 17.4. The Balaban J connectivity index is 2.07. The molecule has 1 aromatic carbocycles. The quantitative estimate of drug-likeness (QED) is 0.622. The van der Waals surface area contributed by atoms with Crippen molar-refractivity contribution in [2.45, 2.75) is 23.9 Å². The molecule has 0 aliphatic carbocycles. The van der Waals surface area contributed by atoms with Crippen LogP contribution in [0.3, 0.4) is 0 Å². The Morgan fingerprint density at radius 1 is 1.25 bits per heavy atom. The number of benzene rings is 1. The van der Waals surface area contributed by atoms with Crippen molar-refractivity contribution in [3.8, 4) is 0 Å². The van der Waals surface area contributed by atoms with Crippen molar-refractivity contribution in [2.75, 3.05) is 13.1 Å². The van der Waals surface area contributed by atoms with Crippen molar-refractivity contribution in [1.82, 2.24) is 4.90 Å². The first-order valence-corrected chi connectivity index (χ1v) is 6.58. The minimum absolute atomic E-state index is 0.0146. The Labute approximate surface area is 119 Å². The molecule has 1 saturated heterocycles. The summed E-state index contributed by atoms with van der Waals surface area (Å²) in [5.41, 5.74) is -0.150. The van der Waals surface area contributed by atoms with Gasteiger partial charge in [0.15, 0.2) is 0 Å². The van der Waals surface area contributed by atoms with Gasteiger partial charge in [0.25, 0.3) is 5.91 Å². The smallest absolute Gasteiger partial charge is 0.339 e. The van der Waals surface area contributed by atoms with Crippen molar-refractivity contribution in [2.24, 2.45) is 5.92 Å². The molecule has 0 atom stereocenters. The summed E-state index contributed by atoms with van der Waals surface area (Å²) in [6, 6.07) is 3.82. The summed E-state index contributed by atoms with van der Waals surface area (Å²) in [4.78, 5) is 13.8. The number of rotatable bonds is 1. The van der Waals surface area contributed by atoms with E-state index < -0.39 is 23.8 Å². The number of amides is 1. The van der Waals surface area contributed by atoms with E-state index >= 15 is 0 Å². The summed E-state index contributed by atoms with van der Waals surface area (Å²) in [6.45, 7) is -0.0293. The van der Waals surface area contributed by atoms with Crippen LogP contribution in [0.15, 0.2) is 23.1 Å². The minimum atomic E-state index is -4.23. The largest absolute Gasteiger partial charge is 0.391 e. The average molecular weight is 307 g/mol. The molecular formula is C13H13F4NOS. The molecule has 110 valence electrons. The second-order valence-corrected chi connectivity index (χ2v) is 5.29. The number of carbonyl (C=O) groups is 1. The van der Waals surface area contributed by atoms with Crippen LogP contribution in [-0.4, -0.2) is 30.1 Å². The number of hydrogen-bond donors (Lipinski definition) is 1. The third-order valence-electron chi connectivity index (χ3n) is 3.43. The number of likely N-dealkylation sites (tertiary alicyclic amines) is 1. The Kier molecular flexibility index (Phi) is 4.27. The van der Waals surface area contributed by atoms with Crippen LogP contribution < -0.4 is 0 Å². The molecule has 0 aromatic heterocycles. The fourth-order valence-electron chi connectivity index (χ4n) is 2.26. The van der Waals surface area contributed by atoms with Crippen LogP contribution in [0.4, 0.5) is 17.6 Å². The Bertz CT molecular complexity index is 510. The SMILES string of the molecule is O=C(c1cc(S)ccc1F)N1CCC(C(F)(F)F)CC1. The maximum atomic E-state index is 13.6. The number of alkyl halides is 3. The average Bonchev–Trinajstić information content (AvgIpc) is 2.40. The number of carbonyl (C=O) groups excluding carboxylic acids is 1. The molecule has 0 bridgehead atoms. The van der Waals surface area contributed by atoms with Gasteiger partial charge in [-0.25, -0.2) is 4.39 Å². The second-order valence-electron chi connectivity index (χ2n) is 4.77. The zero-order chi connectivity index (χ0) is 14.9. The maximum absolute atomic E-state index is 13.6. The lowest BCUT2D eigenvalue weighted by molar-refractivity contribution is -0.183. The van der Waals surface area contributed by atoms with E-state index in [1.165, 1.54) is 17.0 Å². The minimum Gasteiger partial charge on any atom is -0.339 e. The molecule has 20 heavy (non-hydrogen) atoms. The van der Waals surface area contributed by atoms with Gasteiger partial charge in [-0.15, -0.1) is 12.6 Å². The summed E-state index contributed by atoms with van der Waals surface area (Å²) in [5.74, 6) is -2.66. The number of halogens is 4. The van der Waals surface area contributed by atoms with Crippen LogP contribution in [0.25, 0.3) is 0 Å². The van der Waals surface area contributed by atoms with Crippen LogP contribution in [0.1, 0.15) is 23.2 Å². The van der Waals surface area contributed by atoms with Crippen LogP contribution in [0.5, 0.6) is 0 Å². The number of hydrogen-bond acceptors (Lipinski definition) is 2. The van der Waals surface area contributed by atoms with Crippen LogP contribution >= 0.6 is 12.6 Å². The highest BCUT2D eigenvalue weighted by Crippen LogP contribution is 2.34. The third-order valence-corrected chi connectivity index (χ3v) is 3.70. The molecule has 2 rings (SSSR count). The standard InChI is InChI=1S/C13H13F4NOS/c14-11-2-1-9(20)7-10(11)12(19)18-5-3-8(4-6-18)13(15,16)17/h1-2,7-8,20H,3-6H2. The number of thiol groups is 1. The third kappa shape index (κ3) is 3.26. The van der Waals surface area contributed by atoms with Crippen molar-refractivity contribution in [1.29, 1.82) is 0 Å². The first-order valence-electron chi connectivity index (χ1n) is 6.13. The molecule has 1 amide bonds. The molecule has 7 heteroatoms. The van der Waals surface area contributed by atoms with Crippen molar-refractivity contribution >= 4 is 18.5 Å². The van der Waals surface area contributed by atoms with E-state index in [9.17, 15) is 22.4 Å². The molecule has 1 aliphatic heterocycles. The van der Waals surface area contributed by atoms with E-state index in [1.54, 1.807) is 0 Å². The van der Waals surface area contributed by atoms with Crippen molar-refractivity contribution < 1.29 is 22.4 Å². The number of piperidine rings is 1. The van der Waals surface area contributed by atoms with Gasteiger partial charge < -0.3 is 4.90 Å². The fourth-order valence-corrected chi connectivity index (χ4v) is 2.46. The van der Waals surface area contributed by atoms with E-state index in [0.29, 0.717) is 4.90 Å². The van der Waals surface area contributed by atoms with E-state index in [2.05, 4.69) is 12.6 Å². The molecule has 0 radical (unpaired) electrons. The van der Waals surface area contributed by atoms with E-state index in [1.807, 2.05) is 0 Å². The van der Waals surface area contributed by atoms with E-state index in [4.69, 9.17) is 0 Å². The summed E-state index contributed by atoms with van der Waals surface area (Å²) < 4.78 is 51.2. The summed E-state index contributed by atoms with van der Waals surface area (Å²) >= 11 is 4.03. The van der Waals surface area contributed by atoms with Gasteiger partial charge in [-0.2, -0.15) is 13.2 Å². The Hall–Kier alpha value is -1.24. The highest BCUT2D eigenvalue weighted by molar-refractivity contribution is 7.80. The fraction of sp³-hybridized carbons (Fsp3) is 0.462. The maximum Gasteiger partial charge on any atom is 0.391 e. The van der Waals surface area contributed by atoms with Gasteiger partial charge in [-0.3, -0.25) is 4.79 Å². The number of nitrogens with zero attached hydrogens (tertiary/aromatic N) is 1. The molecule has 1 aromatic rings. The van der Waals surface area contributed by atoms with Crippen LogP contribution in [0.2, 0.25) is 0 Å². The first-order chi connectivity index (χ1) is 9.29. The van der Waals surface area contributed by atoms with Gasteiger partial charge in [0, 0.05) is 18.0 Å². The van der Waals surface area contributed by atoms with E-state index in [-0.39, 0.29) is 31.5 Å². The summed E-state index contributed by atoms with van der Waals surface area (Å²) in [5, 5.41) is 0. The predicted molar refractivity (Wildman–Crippen MR) is 68.3 cm³/mol. The van der Waals surface area contributed by atoms with Crippen molar-refractivity contribution in [3.63, 3.8) is 0 Å². The zero-order valence-corrected chi connectivity index (χ0v) is 11.3. The van der Waals surface area contributed by atoms with Gasteiger partial charge in [0.05, 0.1) is 11.5 Å². The zero-order valence-electron chi connectivity index (χ0n) is 10.5.